The Morgan fingerprint density at radius 2 is 1.79 bits per heavy atom. The minimum Gasteiger partial charge on any atom is -0.480 e. The normalized spacial score (nSPS) is 17.7. The predicted octanol–water partition coefficient (Wildman–Crippen LogP) is 5.80. The van der Waals surface area contributed by atoms with Gasteiger partial charge in [0.1, 0.15) is 11.8 Å². The summed E-state index contributed by atoms with van der Waals surface area (Å²) < 4.78 is 15.4. The number of nitrogens with one attached hydrogen (secondary N) is 1. The largest absolute Gasteiger partial charge is 0.524 e. The number of aliphatic carboxylic acids is 1. The van der Waals surface area contributed by atoms with E-state index in [0.29, 0.717) is 11.1 Å². The number of hydrogen-bond donors (Lipinski definition) is 4. The number of hydrogen-bond acceptors (Lipinski definition) is 4. The summed E-state index contributed by atoms with van der Waals surface area (Å²) in [6.07, 6.45) is 14.8. The fourth-order valence-electron chi connectivity index (χ4n) is 4.36. The molecule has 1 atom stereocenters. The fourth-order valence-corrected chi connectivity index (χ4v) is 4.76. The van der Waals surface area contributed by atoms with Crippen LogP contribution in [-0.4, -0.2) is 32.8 Å². The predicted molar refractivity (Wildman–Crippen MR) is 149 cm³/mol. The molecule has 9 heteroatoms. The number of amides is 1. The number of phosphoric acid groups is 1. The van der Waals surface area contributed by atoms with Crippen molar-refractivity contribution in [3.63, 3.8) is 0 Å². The Balaban J connectivity index is 1.97. The lowest BCUT2D eigenvalue weighted by atomic mass is 9.72. The first kappa shape index (κ1) is 31.0. The van der Waals surface area contributed by atoms with Gasteiger partial charge in [-0.15, -0.1) is 0 Å². The van der Waals surface area contributed by atoms with E-state index in [2.05, 4.69) is 42.8 Å². The van der Waals surface area contributed by atoms with Crippen LogP contribution in [0.15, 0.2) is 83.0 Å². The summed E-state index contributed by atoms with van der Waals surface area (Å²) in [5.41, 5.74) is 5.29. The third kappa shape index (κ3) is 10.7. The van der Waals surface area contributed by atoms with E-state index < -0.39 is 25.7 Å². The smallest absolute Gasteiger partial charge is 0.480 e. The van der Waals surface area contributed by atoms with Crippen molar-refractivity contribution in [1.82, 2.24) is 5.32 Å². The van der Waals surface area contributed by atoms with E-state index in [1.807, 2.05) is 19.1 Å². The number of carboxylic acid groups (broad SMARTS) is 1. The van der Waals surface area contributed by atoms with Crippen LogP contribution in [0.25, 0.3) is 0 Å². The van der Waals surface area contributed by atoms with Crippen molar-refractivity contribution >= 4 is 19.7 Å². The summed E-state index contributed by atoms with van der Waals surface area (Å²) >= 11 is 0. The summed E-state index contributed by atoms with van der Waals surface area (Å²) in [6.45, 7) is 10.5. The van der Waals surface area contributed by atoms with Crippen LogP contribution < -0.4 is 9.84 Å². The third-order valence-corrected chi connectivity index (χ3v) is 6.78. The van der Waals surface area contributed by atoms with Gasteiger partial charge >= 0.3 is 13.8 Å². The number of benzene rings is 1. The minimum atomic E-state index is -4.68. The summed E-state index contributed by atoms with van der Waals surface area (Å²) in [7, 11) is -4.68. The Morgan fingerprint density at radius 3 is 2.37 bits per heavy atom. The SMILES string of the molecule is CC1=C(/C=C/C(C)=C\C=C\C(C)=C\C(=O)N[C@@H](Cc2ccc(OP(=O)(O)O)cc2)C(=O)O)C(C)(C)CCC1. The van der Waals surface area contributed by atoms with E-state index in [1.54, 1.807) is 13.0 Å². The maximum atomic E-state index is 12.4. The molecule has 206 valence electrons. The number of carboxylic acids is 1. The highest BCUT2D eigenvalue weighted by Gasteiger charge is 2.26. The molecule has 1 aromatic carbocycles. The molecule has 0 heterocycles. The van der Waals surface area contributed by atoms with Crippen LogP contribution in [0.3, 0.4) is 0 Å². The first-order valence-electron chi connectivity index (χ1n) is 12.5. The van der Waals surface area contributed by atoms with Gasteiger partial charge in [-0.1, -0.05) is 67.5 Å². The lowest BCUT2D eigenvalue weighted by Gasteiger charge is -2.32. The summed E-state index contributed by atoms with van der Waals surface area (Å²) in [5.74, 6) is -1.79. The van der Waals surface area contributed by atoms with E-state index in [9.17, 15) is 19.3 Å². The Kier molecular flexibility index (Phi) is 11.1. The van der Waals surface area contributed by atoms with Crippen LogP contribution in [0, 0.1) is 5.41 Å². The lowest BCUT2D eigenvalue weighted by molar-refractivity contribution is -0.141. The molecule has 4 N–H and O–H groups in total. The highest BCUT2D eigenvalue weighted by Crippen LogP contribution is 2.41. The molecule has 0 aromatic heterocycles. The monoisotopic (exact) mass is 543 g/mol. The molecule has 0 unspecified atom stereocenters. The second-order valence-corrected chi connectivity index (χ2v) is 11.4. The van der Waals surface area contributed by atoms with Gasteiger partial charge in [-0.25, -0.2) is 9.36 Å². The molecule has 0 fully saturated rings. The zero-order valence-electron chi connectivity index (χ0n) is 22.6. The molecule has 0 bridgehead atoms. The molecule has 0 saturated carbocycles. The molecule has 8 nitrogen and oxygen atoms in total. The highest BCUT2D eigenvalue weighted by molar-refractivity contribution is 7.46. The molecule has 2 rings (SSSR count). The number of rotatable bonds is 11. The molecule has 0 radical (unpaired) electrons. The quantitative estimate of drug-likeness (QED) is 0.157. The van der Waals surface area contributed by atoms with E-state index in [1.165, 1.54) is 54.3 Å². The number of carbonyl (C=O) groups excluding carboxylic acids is 1. The van der Waals surface area contributed by atoms with Crippen molar-refractivity contribution < 1.29 is 33.6 Å². The van der Waals surface area contributed by atoms with Gasteiger partial charge in [0, 0.05) is 12.5 Å². The average molecular weight is 544 g/mol. The molecule has 0 spiro atoms. The van der Waals surface area contributed by atoms with Crippen molar-refractivity contribution in [3.05, 3.63) is 88.6 Å². The minimum absolute atomic E-state index is 0.0129. The van der Waals surface area contributed by atoms with Gasteiger partial charge in [0.25, 0.3) is 0 Å². The molecule has 1 aliphatic carbocycles. The average Bonchev–Trinajstić information content (AvgIpc) is 2.78. The van der Waals surface area contributed by atoms with Crippen molar-refractivity contribution in [1.29, 1.82) is 0 Å². The molecular formula is C29H38NO7P. The number of phosphoric ester groups is 1. The van der Waals surface area contributed by atoms with Crippen LogP contribution in [0.1, 0.15) is 59.4 Å². The first-order chi connectivity index (χ1) is 17.7. The summed E-state index contributed by atoms with van der Waals surface area (Å²) in [5, 5.41) is 12.0. The second kappa shape index (κ2) is 13.6. The van der Waals surface area contributed by atoms with Crippen molar-refractivity contribution in [2.75, 3.05) is 0 Å². The van der Waals surface area contributed by atoms with Gasteiger partial charge in [-0.3, -0.25) is 14.6 Å². The van der Waals surface area contributed by atoms with Crippen LogP contribution >= 0.6 is 7.82 Å². The van der Waals surface area contributed by atoms with Gasteiger partial charge in [-0.2, -0.15) is 0 Å². The number of allylic oxidation sites excluding steroid dienone is 9. The van der Waals surface area contributed by atoms with Gasteiger partial charge in [0.05, 0.1) is 0 Å². The topological polar surface area (TPSA) is 133 Å². The maximum Gasteiger partial charge on any atom is 0.524 e. The van der Waals surface area contributed by atoms with Gasteiger partial charge in [-0.05, 0) is 74.3 Å². The first-order valence-corrected chi connectivity index (χ1v) is 14.0. The Labute approximate surface area is 224 Å². The molecule has 1 amide bonds. The highest BCUT2D eigenvalue weighted by atomic mass is 31.2. The molecule has 0 saturated heterocycles. The molecular weight excluding hydrogens is 505 g/mol. The zero-order chi connectivity index (χ0) is 28.5. The van der Waals surface area contributed by atoms with Crippen LogP contribution in [0.4, 0.5) is 0 Å². The fraction of sp³-hybridized carbons (Fsp3) is 0.379. The van der Waals surface area contributed by atoms with Crippen LogP contribution in [-0.2, 0) is 20.6 Å². The van der Waals surface area contributed by atoms with Gasteiger partial charge < -0.3 is 14.9 Å². The molecule has 1 aliphatic rings. The Bertz CT molecular complexity index is 1210. The van der Waals surface area contributed by atoms with E-state index in [0.717, 1.165) is 12.0 Å². The molecule has 1 aromatic rings. The second-order valence-electron chi connectivity index (χ2n) is 10.3. The van der Waals surface area contributed by atoms with Crippen molar-refractivity contribution in [3.8, 4) is 5.75 Å². The van der Waals surface area contributed by atoms with Gasteiger partial charge in [0.2, 0.25) is 5.91 Å². The standard InChI is InChI=1S/C29H38NO7P/c1-20(11-16-25-22(3)10-7-17-29(25,4)5)8-6-9-21(2)18-27(31)30-26(28(32)33)19-23-12-14-24(15-13-23)37-38(34,35)36/h6,8-9,11-16,18,26H,7,10,17,19H2,1-5H3,(H,30,31)(H,32,33)(H2,34,35,36)/b9-6+,16-11+,20-8-,21-18+/t26-/m0/s1. The number of carbonyl (C=O) groups is 2. The molecule has 38 heavy (non-hydrogen) atoms. The van der Waals surface area contributed by atoms with Crippen LogP contribution in [0.2, 0.25) is 0 Å². The van der Waals surface area contributed by atoms with Crippen LogP contribution in [0.5, 0.6) is 5.75 Å². The summed E-state index contributed by atoms with van der Waals surface area (Å²) in [6, 6.07) is 4.42. The van der Waals surface area contributed by atoms with Crippen molar-refractivity contribution in [2.45, 2.75) is 66.3 Å². The summed E-state index contributed by atoms with van der Waals surface area (Å²) in [4.78, 5) is 41.8. The zero-order valence-corrected chi connectivity index (χ0v) is 23.5. The van der Waals surface area contributed by atoms with Gasteiger partial charge in [0.15, 0.2) is 0 Å². The molecule has 0 aliphatic heterocycles. The van der Waals surface area contributed by atoms with E-state index >= 15 is 0 Å². The lowest BCUT2D eigenvalue weighted by Crippen LogP contribution is -2.41. The Hall–Kier alpha value is -3.19. The van der Waals surface area contributed by atoms with E-state index in [4.69, 9.17) is 9.79 Å². The van der Waals surface area contributed by atoms with Crippen molar-refractivity contribution in [2.24, 2.45) is 5.41 Å². The third-order valence-electron chi connectivity index (χ3n) is 6.33. The Morgan fingerprint density at radius 1 is 1.13 bits per heavy atom. The van der Waals surface area contributed by atoms with E-state index in [-0.39, 0.29) is 17.6 Å². The maximum absolute atomic E-state index is 12.4.